The van der Waals surface area contributed by atoms with Crippen LogP contribution in [0.25, 0.3) is 0 Å². The summed E-state index contributed by atoms with van der Waals surface area (Å²) in [7, 11) is 1.67. The Morgan fingerprint density at radius 3 is 2.68 bits per heavy atom. The summed E-state index contributed by atoms with van der Waals surface area (Å²) in [5.41, 5.74) is 1.14. The zero-order valence-corrected chi connectivity index (χ0v) is 19.1. The molecule has 1 heterocycles. The number of ether oxygens (including phenoxy) is 2. The van der Waals surface area contributed by atoms with E-state index in [0.717, 1.165) is 62.6 Å². The van der Waals surface area contributed by atoms with Gasteiger partial charge in [-0.05, 0) is 50.3 Å². The van der Waals surface area contributed by atoms with Gasteiger partial charge in [0.2, 0.25) is 5.91 Å². The lowest BCUT2D eigenvalue weighted by atomic mass is 10.1. The van der Waals surface area contributed by atoms with E-state index >= 15 is 0 Å². The number of nitrogens with one attached hydrogen (secondary N) is 2. The third-order valence-electron chi connectivity index (χ3n) is 6.03. The molecule has 0 bridgehead atoms. The van der Waals surface area contributed by atoms with Crippen LogP contribution in [0.1, 0.15) is 51.0 Å². The number of hydrogen-bond donors (Lipinski definition) is 2. The summed E-state index contributed by atoms with van der Waals surface area (Å²) >= 11 is 0. The molecule has 0 aromatic heterocycles. The van der Waals surface area contributed by atoms with Crippen LogP contribution in [0.4, 0.5) is 0 Å². The first kappa shape index (κ1) is 23.4. The monoisotopic (exact) mass is 430 g/mol. The van der Waals surface area contributed by atoms with Crippen LogP contribution in [0.15, 0.2) is 29.3 Å². The van der Waals surface area contributed by atoms with Gasteiger partial charge in [0.25, 0.3) is 0 Å². The second kappa shape index (κ2) is 12.5. The van der Waals surface area contributed by atoms with Gasteiger partial charge in [-0.2, -0.15) is 0 Å². The number of rotatable bonds is 10. The van der Waals surface area contributed by atoms with Crippen molar-refractivity contribution in [2.75, 3.05) is 39.9 Å². The first-order chi connectivity index (χ1) is 15.2. The summed E-state index contributed by atoms with van der Waals surface area (Å²) < 4.78 is 10.9. The molecule has 7 heteroatoms. The number of carbonyl (C=O) groups is 1. The van der Waals surface area contributed by atoms with Gasteiger partial charge in [-0.1, -0.05) is 25.0 Å². The number of nitrogens with zero attached hydrogens (tertiary/aromatic N) is 2. The molecular weight excluding hydrogens is 392 g/mol. The van der Waals surface area contributed by atoms with Gasteiger partial charge in [-0.3, -0.25) is 9.79 Å². The lowest BCUT2D eigenvalue weighted by Gasteiger charge is -2.21. The van der Waals surface area contributed by atoms with Crippen LogP contribution < -0.4 is 15.4 Å². The minimum Gasteiger partial charge on any atom is -0.497 e. The number of hydrogen-bond acceptors (Lipinski definition) is 4. The van der Waals surface area contributed by atoms with E-state index in [4.69, 9.17) is 9.47 Å². The fourth-order valence-electron chi connectivity index (χ4n) is 4.29. The molecule has 2 N–H and O–H groups in total. The van der Waals surface area contributed by atoms with Gasteiger partial charge in [-0.25, -0.2) is 0 Å². The first-order valence-electron chi connectivity index (χ1n) is 11.7. The maximum absolute atomic E-state index is 12.6. The van der Waals surface area contributed by atoms with Gasteiger partial charge in [0.15, 0.2) is 5.96 Å². The van der Waals surface area contributed by atoms with E-state index in [1.54, 1.807) is 7.11 Å². The molecule has 0 radical (unpaired) electrons. The quantitative estimate of drug-likeness (QED) is 0.339. The van der Waals surface area contributed by atoms with Crippen molar-refractivity contribution < 1.29 is 14.3 Å². The van der Waals surface area contributed by atoms with E-state index in [-0.39, 0.29) is 12.0 Å². The zero-order valence-electron chi connectivity index (χ0n) is 19.1. The Balaban J connectivity index is 1.35. The van der Waals surface area contributed by atoms with Crippen LogP contribution in [0.5, 0.6) is 5.75 Å². The molecule has 1 aromatic carbocycles. The summed E-state index contributed by atoms with van der Waals surface area (Å²) in [6, 6.07) is 8.21. The van der Waals surface area contributed by atoms with Crippen molar-refractivity contribution in [3.8, 4) is 5.75 Å². The predicted octanol–water partition coefficient (Wildman–Crippen LogP) is 2.95. The number of aliphatic imine (C=N–C) groups is 1. The molecule has 2 aliphatic rings. The Morgan fingerprint density at radius 2 is 1.97 bits per heavy atom. The van der Waals surface area contributed by atoms with Gasteiger partial charge < -0.3 is 25.0 Å². The Morgan fingerprint density at radius 1 is 1.19 bits per heavy atom. The van der Waals surface area contributed by atoms with Crippen molar-refractivity contribution in [2.45, 2.75) is 58.1 Å². The molecule has 172 valence electrons. The number of guanidine groups is 1. The molecule has 1 aromatic rings. The molecule has 1 saturated carbocycles. The summed E-state index contributed by atoms with van der Waals surface area (Å²) in [5, 5.41) is 6.83. The molecule has 31 heavy (non-hydrogen) atoms. The molecule has 1 amide bonds. The highest BCUT2D eigenvalue weighted by Crippen LogP contribution is 2.27. The smallest absolute Gasteiger partial charge is 0.225 e. The standard InChI is InChI=1S/C24H38N4O3/c1-3-25-24(26-14-6-16-31-18-19-9-11-22(30-2)12-10-19)27-21-13-15-28(17-21)23(29)20-7-4-5-8-20/h9-12,20-21H,3-8,13-18H2,1-2H3,(H2,25,26,27). The molecule has 3 rings (SSSR count). The van der Waals surface area contributed by atoms with Gasteiger partial charge in [0.05, 0.1) is 13.7 Å². The second-order valence-electron chi connectivity index (χ2n) is 8.41. The van der Waals surface area contributed by atoms with Crippen LogP contribution >= 0.6 is 0 Å². The van der Waals surface area contributed by atoms with Crippen LogP contribution in [-0.4, -0.2) is 62.7 Å². The van der Waals surface area contributed by atoms with Gasteiger partial charge in [-0.15, -0.1) is 0 Å². The lowest BCUT2D eigenvalue weighted by molar-refractivity contribution is -0.134. The fourth-order valence-corrected chi connectivity index (χ4v) is 4.29. The normalized spacial score (nSPS) is 19.6. The van der Waals surface area contributed by atoms with Gasteiger partial charge in [0.1, 0.15) is 5.75 Å². The van der Waals surface area contributed by atoms with Crippen LogP contribution in [-0.2, 0) is 16.1 Å². The summed E-state index contributed by atoms with van der Waals surface area (Å²) in [6.07, 6.45) is 6.38. The van der Waals surface area contributed by atoms with Gasteiger partial charge in [0, 0.05) is 44.7 Å². The largest absolute Gasteiger partial charge is 0.497 e. The van der Waals surface area contributed by atoms with E-state index in [2.05, 4.69) is 22.5 Å². The van der Waals surface area contributed by atoms with Gasteiger partial charge >= 0.3 is 0 Å². The predicted molar refractivity (Wildman–Crippen MR) is 123 cm³/mol. The van der Waals surface area contributed by atoms with Crippen molar-refractivity contribution >= 4 is 11.9 Å². The van der Waals surface area contributed by atoms with Crippen molar-refractivity contribution in [1.82, 2.24) is 15.5 Å². The molecule has 1 aliphatic carbocycles. The average Bonchev–Trinajstić information content (AvgIpc) is 3.49. The maximum Gasteiger partial charge on any atom is 0.225 e. The number of likely N-dealkylation sites (tertiary alicyclic amines) is 1. The fraction of sp³-hybridized carbons (Fsp3) is 0.667. The second-order valence-corrected chi connectivity index (χ2v) is 8.41. The zero-order chi connectivity index (χ0) is 21.9. The van der Waals surface area contributed by atoms with Crippen LogP contribution in [0.2, 0.25) is 0 Å². The van der Waals surface area contributed by atoms with E-state index in [1.165, 1.54) is 12.8 Å². The molecule has 1 saturated heterocycles. The topological polar surface area (TPSA) is 75.2 Å². The van der Waals surface area contributed by atoms with E-state index < -0.39 is 0 Å². The summed E-state index contributed by atoms with van der Waals surface area (Å²) in [5.74, 6) is 2.31. The summed E-state index contributed by atoms with van der Waals surface area (Å²) in [6.45, 7) is 6.49. The Kier molecular flexibility index (Phi) is 9.46. The number of amides is 1. The van der Waals surface area contributed by atoms with Crippen molar-refractivity contribution in [3.05, 3.63) is 29.8 Å². The third-order valence-corrected chi connectivity index (χ3v) is 6.03. The van der Waals surface area contributed by atoms with Crippen LogP contribution in [0.3, 0.4) is 0 Å². The number of methoxy groups -OCH3 is 1. The van der Waals surface area contributed by atoms with E-state index in [0.29, 0.717) is 25.7 Å². The molecule has 7 nitrogen and oxygen atoms in total. The average molecular weight is 431 g/mol. The lowest BCUT2D eigenvalue weighted by Crippen LogP contribution is -2.45. The van der Waals surface area contributed by atoms with Crippen LogP contribution in [0, 0.1) is 5.92 Å². The SMILES string of the molecule is CCNC(=NCCCOCc1ccc(OC)cc1)NC1CCN(C(=O)C2CCCC2)C1. The number of carbonyl (C=O) groups excluding carboxylic acids is 1. The van der Waals surface area contributed by atoms with E-state index in [9.17, 15) is 4.79 Å². The summed E-state index contributed by atoms with van der Waals surface area (Å²) in [4.78, 5) is 19.4. The highest BCUT2D eigenvalue weighted by Gasteiger charge is 2.32. The molecule has 2 fully saturated rings. The highest BCUT2D eigenvalue weighted by molar-refractivity contribution is 5.81. The molecular formula is C24H38N4O3. The van der Waals surface area contributed by atoms with E-state index in [1.807, 2.05) is 29.2 Å². The molecule has 1 aliphatic heterocycles. The Labute approximate surface area is 186 Å². The van der Waals surface area contributed by atoms with Crippen molar-refractivity contribution in [2.24, 2.45) is 10.9 Å². The highest BCUT2D eigenvalue weighted by atomic mass is 16.5. The first-order valence-corrected chi connectivity index (χ1v) is 11.7. The maximum atomic E-state index is 12.6. The minimum absolute atomic E-state index is 0.263. The Hall–Kier alpha value is -2.28. The van der Waals surface area contributed by atoms with Crippen molar-refractivity contribution in [3.63, 3.8) is 0 Å². The minimum atomic E-state index is 0.263. The van der Waals surface area contributed by atoms with Crippen molar-refractivity contribution in [1.29, 1.82) is 0 Å². The Bertz CT molecular complexity index is 701. The molecule has 1 atom stereocenters. The molecule has 1 unspecified atom stereocenters. The molecule has 0 spiro atoms. The number of benzene rings is 1. The third kappa shape index (κ3) is 7.42.